The largest absolute Gasteiger partial charge is 0.481 e. The summed E-state index contributed by atoms with van der Waals surface area (Å²) in [4.78, 5) is 24.7. The second-order valence-corrected chi connectivity index (χ2v) is 6.18. The van der Waals surface area contributed by atoms with E-state index in [0.29, 0.717) is 0 Å². The van der Waals surface area contributed by atoms with Gasteiger partial charge in [0.1, 0.15) is 0 Å². The number of hydrogen-bond acceptors (Lipinski definition) is 3. The van der Waals surface area contributed by atoms with Gasteiger partial charge >= 0.3 is 5.97 Å². The molecular formula is C12H19NO3S. The minimum Gasteiger partial charge on any atom is -0.481 e. The van der Waals surface area contributed by atoms with Crippen LogP contribution >= 0.6 is 11.8 Å². The fourth-order valence-corrected chi connectivity index (χ4v) is 3.82. The van der Waals surface area contributed by atoms with Gasteiger partial charge in [0, 0.05) is 19.5 Å². The Morgan fingerprint density at radius 2 is 1.94 bits per heavy atom. The van der Waals surface area contributed by atoms with Crippen molar-refractivity contribution in [2.24, 2.45) is 5.92 Å². The summed E-state index contributed by atoms with van der Waals surface area (Å²) in [7, 11) is 0. The zero-order valence-corrected chi connectivity index (χ0v) is 10.7. The van der Waals surface area contributed by atoms with Gasteiger partial charge in [0.25, 0.3) is 0 Å². The number of rotatable bonds is 3. The molecule has 0 aliphatic carbocycles. The molecule has 1 N–H and O–H groups in total. The van der Waals surface area contributed by atoms with Crippen molar-refractivity contribution in [1.29, 1.82) is 0 Å². The molecule has 1 atom stereocenters. The number of carbonyl (C=O) groups is 2. The average molecular weight is 257 g/mol. The molecule has 4 nitrogen and oxygen atoms in total. The van der Waals surface area contributed by atoms with E-state index in [4.69, 9.17) is 5.11 Å². The summed E-state index contributed by atoms with van der Waals surface area (Å²) in [6.07, 6.45) is 4.10. The molecule has 0 spiro atoms. The molecule has 2 fully saturated rings. The smallest absolute Gasteiger partial charge is 0.303 e. The van der Waals surface area contributed by atoms with E-state index in [1.807, 2.05) is 4.90 Å². The van der Waals surface area contributed by atoms with Crippen molar-refractivity contribution in [3.63, 3.8) is 0 Å². The van der Waals surface area contributed by atoms with Crippen LogP contribution in [0, 0.1) is 5.92 Å². The number of thioether (sulfide) groups is 1. The highest BCUT2D eigenvalue weighted by molar-refractivity contribution is 8.00. The topological polar surface area (TPSA) is 57.6 Å². The van der Waals surface area contributed by atoms with E-state index in [0.717, 1.165) is 44.5 Å². The maximum Gasteiger partial charge on any atom is 0.303 e. The van der Waals surface area contributed by atoms with Gasteiger partial charge in [0.2, 0.25) is 5.91 Å². The van der Waals surface area contributed by atoms with Gasteiger partial charge in [-0.1, -0.05) is 0 Å². The van der Waals surface area contributed by atoms with Crippen LogP contribution in [0.3, 0.4) is 0 Å². The first-order chi connectivity index (χ1) is 8.16. The van der Waals surface area contributed by atoms with Crippen LogP contribution in [0.15, 0.2) is 0 Å². The predicted molar refractivity (Wildman–Crippen MR) is 67.0 cm³/mol. The Hall–Kier alpha value is -0.710. The third kappa shape index (κ3) is 3.37. The van der Waals surface area contributed by atoms with Gasteiger partial charge in [-0.05, 0) is 37.4 Å². The lowest BCUT2D eigenvalue weighted by atomic mass is 9.93. The van der Waals surface area contributed by atoms with E-state index in [1.165, 1.54) is 0 Å². The zero-order valence-electron chi connectivity index (χ0n) is 9.93. The summed E-state index contributed by atoms with van der Waals surface area (Å²) in [5.74, 6) is 0.918. The predicted octanol–water partition coefficient (Wildman–Crippen LogP) is 1.60. The molecule has 1 unspecified atom stereocenters. The number of carboxylic acids is 1. The van der Waals surface area contributed by atoms with Crippen molar-refractivity contribution in [1.82, 2.24) is 4.90 Å². The molecule has 2 rings (SSSR count). The van der Waals surface area contributed by atoms with Gasteiger partial charge in [-0.25, -0.2) is 0 Å². The molecule has 0 aromatic rings. The molecule has 2 aliphatic heterocycles. The summed E-state index contributed by atoms with van der Waals surface area (Å²) < 4.78 is 0. The highest BCUT2D eigenvalue weighted by Gasteiger charge is 2.30. The van der Waals surface area contributed by atoms with Crippen LogP contribution in [0.4, 0.5) is 0 Å². The molecule has 1 amide bonds. The minimum atomic E-state index is -0.721. The fraction of sp³-hybridized carbons (Fsp3) is 0.833. The van der Waals surface area contributed by atoms with Gasteiger partial charge in [0.05, 0.1) is 5.25 Å². The number of aliphatic carboxylic acids is 1. The van der Waals surface area contributed by atoms with E-state index in [9.17, 15) is 9.59 Å². The van der Waals surface area contributed by atoms with E-state index in [1.54, 1.807) is 11.8 Å². The van der Waals surface area contributed by atoms with Crippen molar-refractivity contribution < 1.29 is 14.7 Å². The first kappa shape index (κ1) is 12.7. The van der Waals surface area contributed by atoms with Crippen LogP contribution in [-0.2, 0) is 9.59 Å². The highest BCUT2D eigenvalue weighted by atomic mass is 32.2. The molecule has 0 aromatic heterocycles. The molecule has 0 radical (unpaired) electrons. The molecular weight excluding hydrogens is 238 g/mol. The molecule has 2 aliphatic rings. The number of likely N-dealkylation sites (tertiary alicyclic amines) is 1. The summed E-state index contributed by atoms with van der Waals surface area (Å²) in [6.45, 7) is 1.49. The second kappa shape index (κ2) is 5.76. The third-order valence-corrected chi connectivity index (χ3v) is 4.96. The normalized spacial score (nSPS) is 26.1. The number of amides is 1. The third-order valence-electron chi connectivity index (χ3n) is 3.59. The van der Waals surface area contributed by atoms with E-state index in [-0.39, 0.29) is 23.5 Å². The lowest BCUT2D eigenvalue weighted by molar-refractivity contribution is -0.138. The molecule has 0 bridgehead atoms. The Morgan fingerprint density at radius 3 is 2.47 bits per heavy atom. The maximum absolute atomic E-state index is 12.1. The first-order valence-corrected chi connectivity index (χ1v) is 7.34. The summed E-state index contributed by atoms with van der Waals surface area (Å²) in [5, 5.41) is 8.90. The highest BCUT2D eigenvalue weighted by Crippen LogP contribution is 2.29. The monoisotopic (exact) mass is 257 g/mol. The summed E-state index contributed by atoms with van der Waals surface area (Å²) >= 11 is 1.77. The van der Waals surface area contributed by atoms with Crippen LogP contribution < -0.4 is 0 Å². The van der Waals surface area contributed by atoms with Crippen molar-refractivity contribution in [3.8, 4) is 0 Å². The number of carbonyl (C=O) groups excluding carboxylic acids is 1. The van der Waals surface area contributed by atoms with Crippen LogP contribution in [0.25, 0.3) is 0 Å². The van der Waals surface area contributed by atoms with Crippen LogP contribution in [-0.4, -0.2) is 46.0 Å². The van der Waals surface area contributed by atoms with Gasteiger partial charge < -0.3 is 10.0 Å². The molecule has 96 valence electrons. The van der Waals surface area contributed by atoms with Crippen LogP contribution in [0.5, 0.6) is 0 Å². The SMILES string of the molecule is O=C(O)CC1CCN(C(=O)C2CCCS2)CC1. The molecule has 2 heterocycles. The number of nitrogens with zero attached hydrogens (tertiary/aromatic N) is 1. The summed E-state index contributed by atoms with van der Waals surface area (Å²) in [5.41, 5.74) is 0. The number of carboxylic acid groups (broad SMARTS) is 1. The number of hydrogen-bond donors (Lipinski definition) is 1. The van der Waals surface area contributed by atoms with Crippen molar-refractivity contribution >= 4 is 23.6 Å². The molecule has 5 heteroatoms. The average Bonchev–Trinajstić information content (AvgIpc) is 2.82. The minimum absolute atomic E-state index is 0.172. The van der Waals surface area contributed by atoms with Crippen molar-refractivity contribution in [2.45, 2.75) is 37.4 Å². The lowest BCUT2D eigenvalue weighted by Gasteiger charge is -2.32. The van der Waals surface area contributed by atoms with E-state index in [2.05, 4.69) is 0 Å². The number of piperidine rings is 1. The Bertz CT molecular complexity index is 294. The van der Waals surface area contributed by atoms with E-state index >= 15 is 0 Å². The van der Waals surface area contributed by atoms with Crippen molar-refractivity contribution in [3.05, 3.63) is 0 Å². The zero-order chi connectivity index (χ0) is 12.3. The first-order valence-electron chi connectivity index (χ1n) is 6.29. The van der Waals surface area contributed by atoms with Crippen LogP contribution in [0.1, 0.15) is 32.1 Å². The Balaban J connectivity index is 1.78. The second-order valence-electron chi connectivity index (χ2n) is 4.87. The van der Waals surface area contributed by atoms with Gasteiger partial charge in [-0.15, -0.1) is 11.8 Å². The maximum atomic E-state index is 12.1. The van der Waals surface area contributed by atoms with Gasteiger partial charge in [0.15, 0.2) is 0 Å². The Morgan fingerprint density at radius 1 is 1.24 bits per heavy atom. The summed E-state index contributed by atoms with van der Waals surface area (Å²) in [6, 6.07) is 0. The quantitative estimate of drug-likeness (QED) is 0.834. The Labute approximate surface area is 106 Å². The van der Waals surface area contributed by atoms with Crippen LogP contribution in [0.2, 0.25) is 0 Å². The lowest BCUT2D eigenvalue weighted by Crippen LogP contribution is -2.42. The fourth-order valence-electron chi connectivity index (χ4n) is 2.58. The van der Waals surface area contributed by atoms with Gasteiger partial charge in [-0.3, -0.25) is 9.59 Å². The van der Waals surface area contributed by atoms with E-state index < -0.39 is 5.97 Å². The van der Waals surface area contributed by atoms with Gasteiger partial charge in [-0.2, -0.15) is 0 Å². The molecule has 0 aromatic carbocycles. The standard InChI is InChI=1S/C12H19NO3S/c14-11(15)8-9-3-5-13(6-4-9)12(16)10-2-1-7-17-10/h9-10H,1-8H2,(H,14,15). The molecule has 2 saturated heterocycles. The molecule has 17 heavy (non-hydrogen) atoms. The Kier molecular flexibility index (Phi) is 4.31. The molecule has 0 saturated carbocycles. The van der Waals surface area contributed by atoms with Crippen molar-refractivity contribution in [2.75, 3.05) is 18.8 Å².